The average molecular weight is 516 g/mol. The zero-order chi connectivity index (χ0) is 26.1. The number of hydrogen-bond acceptors (Lipinski definition) is 7. The Bertz CT molecular complexity index is 1370. The van der Waals surface area contributed by atoms with Crippen LogP contribution in [-0.2, 0) is 4.74 Å². The van der Waals surface area contributed by atoms with E-state index in [1.54, 1.807) is 9.42 Å². The lowest BCUT2D eigenvalue weighted by atomic mass is 9.86. The molecule has 5 heterocycles. The molecule has 0 radical (unpaired) electrons. The van der Waals surface area contributed by atoms with Crippen molar-refractivity contribution in [2.24, 2.45) is 5.41 Å². The predicted octanol–water partition coefficient (Wildman–Crippen LogP) is 3.54. The van der Waals surface area contributed by atoms with Crippen LogP contribution in [0.4, 0.5) is 16.4 Å². The summed E-state index contributed by atoms with van der Waals surface area (Å²) in [6, 6.07) is 11.5. The Morgan fingerprint density at radius 1 is 1.13 bits per heavy atom. The van der Waals surface area contributed by atoms with Gasteiger partial charge in [-0.3, -0.25) is 4.79 Å². The molecular formula is C28H33N7O3. The highest BCUT2D eigenvalue weighted by Gasteiger charge is 2.41. The molecule has 2 N–H and O–H groups in total. The fourth-order valence-electron chi connectivity index (χ4n) is 5.76. The van der Waals surface area contributed by atoms with Crippen LogP contribution in [0, 0.1) is 5.41 Å². The summed E-state index contributed by atoms with van der Waals surface area (Å²) >= 11 is 0. The monoisotopic (exact) mass is 515 g/mol. The third kappa shape index (κ3) is 4.71. The molecule has 10 heteroatoms. The number of aromatic nitrogens is 3. The summed E-state index contributed by atoms with van der Waals surface area (Å²) in [7, 11) is 0. The first kappa shape index (κ1) is 24.4. The van der Waals surface area contributed by atoms with Crippen LogP contribution in [0.5, 0.6) is 0 Å². The second kappa shape index (κ2) is 10.1. The SMILES string of the molecule is CCOC(=O)N1CC=C(c2cccn3nc(Nc4ccc(C(=O)N5CCC6(CCNC6)C5)cc4)nc23)CC1. The fraction of sp³-hybridized carbons (Fsp3) is 0.429. The molecule has 1 unspecified atom stereocenters. The van der Waals surface area contributed by atoms with Gasteiger partial charge in [0.15, 0.2) is 5.65 Å². The standard InChI is InChI=1S/C28H33N7O3/c1-2-38-27(37)33-15-9-20(10-16-33)23-4-3-14-35-24(23)31-26(32-35)30-22-7-5-21(6-8-22)25(36)34-17-12-28(19-34)11-13-29-18-28/h3-9,14,29H,2,10-13,15-19H2,1H3,(H,30,32). The molecule has 2 fully saturated rings. The van der Waals surface area contributed by atoms with E-state index in [-0.39, 0.29) is 17.4 Å². The molecule has 198 valence electrons. The van der Waals surface area contributed by atoms with Crippen molar-refractivity contribution >= 4 is 34.9 Å². The predicted molar refractivity (Wildman–Crippen MR) is 144 cm³/mol. The Morgan fingerprint density at radius 2 is 2.00 bits per heavy atom. The molecular weight excluding hydrogens is 482 g/mol. The number of carbonyl (C=O) groups is 2. The van der Waals surface area contributed by atoms with Crippen molar-refractivity contribution in [2.45, 2.75) is 26.2 Å². The fourth-order valence-corrected chi connectivity index (χ4v) is 5.76. The molecule has 3 aliphatic heterocycles. The second-order valence-electron chi connectivity index (χ2n) is 10.4. The number of amides is 2. The van der Waals surface area contributed by atoms with Crippen LogP contribution < -0.4 is 10.6 Å². The zero-order valence-corrected chi connectivity index (χ0v) is 21.7. The first-order chi connectivity index (χ1) is 18.5. The average Bonchev–Trinajstić information content (AvgIpc) is 3.69. The number of fused-ring (bicyclic) bond motifs is 1. The maximum Gasteiger partial charge on any atom is 0.410 e. The number of nitrogens with one attached hydrogen (secondary N) is 2. The minimum atomic E-state index is -0.279. The first-order valence-corrected chi connectivity index (χ1v) is 13.4. The van der Waals surface area contributed by atoms with Crippen LogP contribution in [0.1, 0.15) is 42.1 Å². The number of ether oxygens (including phenoxy) is 1. The Labute approximate surface area is 221 Å². The van der Waals surface area contributed by atoms with E-state index in [9.17, 15) is 9.59 Å². The van der Waals surface area contributed by atoms with Crippen LogP contribution in [0.25, 0.3) is 11.2 Å². The van der Waals surface area contributed by atoms with Gasteiger partial charge in [-0.25, -0.2) is 9.31 Å². The molecule has 1 spiro atoms. The highest BCUT2D eigenvalue weighted by Crippen LogP contribution is 2.36. The van der Waals surface area contributed by atoms with Crippen LogP contribution in [-0.4, -0.2) is 82.3 Å². The smallest absolute Gasteiger partial charge is 0.410 e. The van der Waals surface area contributed by atoms with Gasteiger partial charge in [0, 0.05) is 61.1 Å². The van der Waals surface area contributed by atoms with Crippen molar-refractivity contribution in [3.63, 3.8) is 0 Å². The molecule has 2 amide bonds. The number of rotatable bonds is 5. The van der Waals surface area contributed by atoms with Crippen molar-refractivity contribution in [1.29, 1.82) is 0 Å². The first-order valence-electron chi connectivity index (χ1n) is 13.4. The van der Waals surface area contributed by atoms with Gasteiger partial charge in [0.1, 0.15) is 0 Å². The molecule has 38 heavy (non-hydrogen) atoms. The van der Waals surface area contributed by atoms with Crippen molar-refractivity contribution < 1.29 is 14.3 Å². The van der Waals surface area contributed by atoms with E-state index in [0.29, 0.717) is 31.2 Å². The lowest BCUT2D eigenvalue weighted by molar-refractivity contribution is 0.0775. The molecule has 3 aromatic rings. The van der Waals surface area contributed by atoms with E-state index in [2.05, 4.69) is 21.8 Å². The Kier molecular flexibility index (Phi) is 6.49. The van der Waals surface area contributed by atoms with Crippen LogP contribution in [0.15, 0.2) is 48.7 Å². The van der Waals surface area contributed by atoms with E-state index in [1.807, 2.05) is 54.4 Å². The Morgan fingerprint density at radius 3 is 2.74 bits per heavy atom. The molecule has 0 bridgehead atoms. The molecule has 0 aliphatic carbocycles. The molecule has 10 nitrogen and oxygen atoms in total. The van der Waals surface area contributed by atoms with Crippen molar-refractivity contribution in [3.8, 4) is 0 Å². The highest BCUT2D eigenvalue weighted by atomic mass is 16.6. The number of anilines is 2. The quantitative estimate of drug-likeness (QED) is 0.536. The van der Waals surface area contributed by atoms with Crippen LogP contribution >= 0.6 is 0 Å². The van der Waals surface area contributed by atoms with Gasteiger partial charge in [0.2, 0.25) is 5.95 Å². The Balaban J connectivity index is 1.14. The van der Waals surface area contributed by atoms with Crippen molar-refractivity contribution in [1.82, 2.24) is 29.7 Å². The topological polar surface area (TPSA) is 104 Å². The summed E-state index contributed by atoms with van der Waals surface area (Å²) in [6.45, 7) is 7.01. The third-order valence-electron chi connectivity index (χ3n) is 7.89. The summed E-state index contributed by atoms with van der Waals surface area (Å²) in [4.78, 5) is 33.5. The maximum absolute atomic E-state index is 13.1. The van der Waals surface area contributed by atoms with Gasteiger partial charge < -0.3 is 25.2 Å². The molecule has 1 atom stereocenters. The summed E-state index contributed by atoms with van der Waals surface area (Å²) in [5.41, 5.74) is 4.66. The molecule has 2 aromatic heterocycles. The number of hydrogen-bond donors (Lipinski definition) is 2. The minimum absolute atomic E-state index is 0.0955. The minimum Gasteiger partial charge on any atom is -0.450 e. The van der Waals surface area contributed by atoms with Gasteiger partial charge in [-0.15, -0.1) is 5.10 Å². The van der Waals surface area contributed by atoms with E-state index < -0.39 is 0 Å². The van der Waals surface area contributed by atoms with E-state index in [0.717, 1.165) is 67.9 Å². The summed E-state index contributed by atoms with van der Waals surface area (Å²) in [6.07, 6.45) is 6.59. The van der Waals surface area contributed by atoms with Crippen LogP contribution in [0.2, 0.25) is 0 Å². The number of nitrogens with zero attached hydrogens (tertiary/aromatic N) is 5. The summed E-state index contributed by atoms with van der Waals surface area (Å²) < 4.78 is 6.88. The molecule has 1 aromatic carbocycles. The largest absolute Gasteiger partial charge is 0.450 e. The van der Waals surface area contributed by atoms with E-state index >= 15 is 0 Å². The molecule has 0 saturated carbocycles. The maximum atomic E-state index is 13.1. The third-order valence-corrected chi connectivity index (χ3v) is 7.89. The van der Waals surface area contributed by atoms with Crippen LogP contribution in [0.3, 0.4) is 0 Å². The van der Waals surface area contributed by atoms with Gasteiger partial charge in [-0.05, 0) is 74.7 Å². The summed E-state index contributed by atoms with van der Waals surface area (Å²) in [5.74, 6) is 0.578. The number of pyridine rings is 1. The molecule has 6 rings (SSSR count). The Hall–Kier alpha value is -3.92. The lowest BCUT2D eigenvalue weighted by Crippen LogP contribution is -2.35. The van der Waals surface area contributed by atoms with Crippen molar-refractivity contribution in [2.75, 3.05) is 51.2 Å². The zero-order valence-electron chi connectivity index (χ0n) is 21.7. The second-order valence-corrected chi connectivity index (χ2v) is 10.4. The number of benzene rings is 1. The number of likely N-dealkylation sites (tertiary alicyclic amines) is 1. The molecule has 2 saturated heterocycles. The van der Waals surface area contributed by atoms with Gasteiger partial charge in [-0.1, -0.05) is 6.08 Å². The van der Waals surface area contributed by atoms with Gasteiger partial charge >= 0.3 is 6.09 Å². The van der Waals surface area contributed by atoms with E-state index in [1.165, 1.54) is 0 Å². The van der Waals surface area contributed by atoms with Gasteiger partial charge in [0.25, 0.3) is 5.91 Å². The van der Waals surface area contributed by atoms with Gasteiger partial charge in [0.05, 0.1) is 6.61 Å². The van der Waals surface area contributed by atoms with Crippen molar-refractivity contribution in [3.05, 3.63) is 59.8 Å². The number of carbonyl (C=O) groups excluding carboxylic acids is 2. The normalized spacial score (nSPS) is 21.2. The van der Waals surface area contributed by atoms with Gasteiger partial charge in [-0.2, -0.15) is 4.98 Å². The molecule has 3 aliphatic rings. The lowest BCUT2D eigenvalue weighted by Gasteiger charge is -2.25. The van der Waals surface area contributed by atoms with E-state index in [4.69, 9.17) is 9.72 Å². The highest BCUT2D eigenvalue weighted by molar-refractivity contribution is 5.95. The summed E-state index contributed by atoms with van der Waals surface area (Å²) in [5, 5.41) is 11.3.